The van der Waals surface area contributed by atoms with E-state index >= 15 is 17.6 Å². The van der Waals surface area contributed by atoms with Gasteiger partial charge in [-0.15, -0.1) is 6.07 Å². The van der Waals surface area contributed by atoms with Crippen molar-refractivity contribution in [2.45, 2.75) is 194 Å². The third kappa shape index (κ3) is 22.5. The van der Waals surface area contributed by atoms with Crippen LogP contribution in [0.2, 0.25) is 0 Å². The molecule has 0 heterocycles. The molecule has 4 nitrogen and oxygen atoms in total. The number of hydrogen-bond acceptors (Lipinski definition) is 3. The van der Waals surface area contributed by atoms with Crippen LogP contribution in [0.15, 0.2) is 18.2 Å². The summed E-state index contributed by atoms with van der Waals surface area (Å²) in [6, 6.07) is 1.07. The molecule has 0 atom stereocenters. The third-order valence-corrected chi connectivity index (χ3v) is 12.9. The minimum Gasteiger partial charge on any atom is -0.484 e. The van der Waals surface area contributed by atoms with E-state index in [-0.39, 0.29) is 36.2 Å². The average Bonchev–Trinajstić information content (AvgIpc) is 3.39. The van der Waals surface area contributed by atoms with Crippen molar-refractivity contribution < 1.29 is 89.1 Å². The number of benzene rings is 4. The quantitative estimate of drug-likeness (QED) is 0.0122. The Hall–Kier alpha value is -4.82. The van der Waals surface area contributed by atoms with Crippen molar-refractivity contribution in [1.29, 1.82) is 0 Å². The lowest BCUT2D eigenvalue weighted by atomic mass is 10.0. The predicted molar refractivity (Wildman–Crippen MR) is 263 cm³/mol. The van der Waals surface area contributed by atoms with E-state index < -0.39 is 123 Å². The molecule has 4 aromatic rings. The lowest BCUT2D eigenvalue weighted by Gasteiger charge is -2.23. The number of halogens is 16. The van der Waals surface area contributed by atoms with Crippen LogP contribution in [0.3, 0.4) is 0 Å². The van der Waals surface area contributed by atoms with E-state index in [1.54, 1.807) is 0 Å². The molecule has 0 spiro atoms. The standard InChI is InChI=1S/C50H68BF12NO3.C6HF4/c1-3-5-7-9-11-13-15-17-19-21-23-25-27-29-31-64(32-30-28-26-24-22-20-18-16-14-12-10-8-6-4-2)47-42(59)41(58)45(62)50(46(47)63)67-51(65-48-37(54)33-35(52)39(56)43(48)60)66-49-38(55)34-36(53)40(57)44(49)61;7-3-1-4(8)6(10)5(9)2-3/h33-34H,3-32H2,1-2H3;1H/q;-1/p+1. The van der Waals surface area contributed by atoms with Gasteiger partial charge in [-0.3, -0.25) is 9.29 Å². The highest BCUT2D eigenvalue weighted by Crippen LogP contribution is 2.35. The molecule has 0 saturated carbocycles. The highest BCUT2D eigenvalue weighted by atomic mass is 19.2. The van der Waals surface area contributed by atoms with Gasteiger partial charge in [0.1, 0.15) is 0 Å². The van der Waals surface area contributed by atoms with Crippen LogP contribution in [0.4, 0.5) is 75.9 Å². The minimum absolute atomic E-state index is 0.0435. The summed E-state index contributed by atoms with van der Waals surface area (Å²) in [5.74, 6) is -38.1. The molecule has 0 fully saturated rings. The molecule has 0 aliphatic rings. The summed E-state index contributed by atoms with van der Waals surface area (Å²) in [4.78, 5) is 0.0467. The number of rotatable bonds is 37. The molecule has 77 heavy (non-hydrogen) atoms. The molecule has 1 N–H and O–H groups in total. The first-order valence-corrected chi connectivity index (χ1v) is 26.9. The third-order valence-electron chi connectivity index (χ3n) is 12.9. The molecule has 4 aromatic carbocycles. The van der Waals surface area contributed by atoms with Crippen LogP contribution >= 0.6 is 0 Å². The summed E-state index contributed by atoms with van der Waals surface area (Å²) in [6.07, 6.45) is 29.3. The van der Waals surface area contributed by atoms with Crippen LogP contribution in [0.25, 0.3) is 0 Å². The van der Waals surface area contributed by atoms with Crippen LogP contribution < -0.4 is 18.9 Å². The number of quaternary nitrogens is 1. The van der Waals surface area contributed by atoms with Crippen LogP contribution in [0.5, 0.6) is 17.2 Å². The van der Waals surface area contributed by atoms with Crippen molar-refractivity contribution in [3.8, 4) is 17.2 Å². The summed E-state index contributed by atoms with van der Waals surface area (Å²) < 4.78 is 240. The van der Waals surface area contributed by atoms with Gasteiger partial charge in [0.05, 0.1) is 30.5 Å². The summed E-state index contributed by atoms with van der Waals surface area (Å²) >= 11 is 0. The maximum absolute atomic E-state index is 16.6. The molecule has 0 bridgehead atoms. The molecule has 21 heteroatoms. The highest BCUT2D eigenvalue weighted by Gasteiger charge is 2.42. The second-order valence-electron chi connectivity index (χ2n) is 19.1. The largest absolute Gasteiger partial charge is 0.864 e. The Morgan fingerprint density at radius 3 is 0.987 bits per heavy atom. The van der Waals surface area contributed by atoms with Gasteiger partial charge >= 0.3 is 7.32 Å². The van der Waals surface area contributed by atoms with E-state index in [1.807, 2.05) is 0 Å². The fourth-order valence-corrected chi connectivity index (χ4v) is 8.62. The summed E-state index contributed by atoms with van der Waals surface area (Å²) in [5, 5.41) is 0. The maximum atomic E-state index is 16.6. The average molecular weight is 1120 g/mol. The first kappa shape index (κ1) is 66.5. The molecule has 0 saturated heterocycles. The smallest absolute Gasteiger partial charge is 0.484 e. The molecule has 0 aliphatic heterocycles. The minimum atomic E-state index is -3.27. The second kappa shape index (κ2) is 36.4. The molecule has 0 amide bonds. The topological polar surface area (TPSA) is 32.1 Å². The molecule has 0 aliphatic carbocycles. The Labute approximate surface area is 442 Å². The van der Waals surface area contributed by atoms with E-state index in [4.69, 9.17) is 4.65 Å². The van der Waals surface area contributed by atoms with E-state index in [1.165, 1.54) is 96.0 Å². The SMILES string of the molecule is CCCCCCCCCCCCCCCC[NH+](CCCCCCCCCCCCCCCC)c1c(F)c(F)c(F)c(OB(Oc2c(F)cc(F)c(F)c2F)Oc2c(F)cc(F)c(F)c2F)c1F.Fc1[c-]c(F)c(F)c(F)c1. The zero-order valence-corrected chi connectivity index (χ0v) is 43.8. The number of nitrogens with one attached hydrogen (secondary N) is 1. The van der Waals surface area contributed by atoms with Crippen LogP contribution in [0, 0.1) is 99.1 Å². The van der Waals surface area contributed by atoms with Crippen LogP contribution in [-0.2, 0) is 0 Å². The lowest BCUT2D eigenvalue weighted by Crippen LogP contribution is -3.07. The Morgan fingerprint density at radius 2 is 0.636 bits per heavy atom. The van der Waals surface area contributed by atoms with Gasteiger partial charge < -0.3 is 14.0 Å². The summed E-state index contributed by atoms with van der Waals surface area (Å²) in [6.45, 7) is 4.46. The van der Waals surface area contributed by atoms with Crippen molar-refractivity contribution in [2.24, 2.45) is 0 Å². The predicted octanol–water partition coefficient (Wildman–Crippen LogP) is 18.4. The zero-order valence-electron chi connectivity index (χ0n) is 43.8. The number of unbranched alkanes of at least 4 members (excludes halogenated alkanes) is 26. The fraction of sp³-hybridized carbons (Fsp3) is 0.571. The monoisotopic (exact) mass is 1120 g/mol. The molecular weight excluding hydrogens is 1050 g/mol. The molecule has 0 aromatic heterocycles. The van der Waals surface area contributed by atoms with E-state index in [0.717, 1.165) is 64.2 Å². The van der Waals surface area contributed by atoms with Gasteiger partial charge in [0, 0.05) is 17.9 Å². The van der Waals surface area contributed by atoms with Gasteiger partial charge in [-0.05, 0) is 25.7 Å². The summed E-state index contributed by atoms with van der Waals surface area (Å²) in [7, 11) is -3.27. The van der Waals surface area contributed by atoms with Crippen LogP contribution in [0.1, 0.15) is 194 Å². The normalized spacial score (nSPS) is 11.4. The van der Waals surface area contributed by atoms with E-state index in [2.05, 4.69) is 23.2 Å². The number of hydrogen-bond donors (Lipinski definition) is 1. The zero-order chi connectivity index (χ0) is 56.9. The molecule has 432 valence electrons. The fourth-order valence-electron chi connectivity index (χ4n) is 8.62. The molecule has 0 unspecified atom stereocenters. The van der Waals surface area contributed by atoms with Crippen molar-refractivity contribution in [3.63, 3.8) is 0 Å². The highest BCUT2D eigenvalue weighted by molar-refractivity contribution is 6.39. The van der Waals surface area contributed by atoms with Crippen molar-refractivity contribution >= 4 is 13.0 Å². The Bertz CT molecular complexity index is 2260. The maximum Gasteiger partial charge on any atom is 0.864 e. The molecule has 0 radical (unpaired) electrons. The lowest BCUT2D eigenvalue weighted by molar-refractivity contribution is -0.835. The Morgan fingerprint density at radius 1 is 0.325 bits per heavy atom. The second-order valence-corrected chi connectivity index (χ2v) is 19.1. The van der Waals surface area contributed by atoms with Crippen LogP contribution in [-0.4, -0.2) is 20.4 Å². The van der Waals surface area contributed by atoms with Gasteiger partial charge in [0.2, 0.25) is 40.6 Å². The van der Waals surface area contributed by atoms with Gasteiger partial charge in [-0.2, -0.15) is 22.0 Å². The first-order chi connectivity index (χ1) is 36.9. The van der Waals surface area contributed by atoms with Crippen molar-refractivity contribution in [2.75, 3.05) is 13.1 Å². The molecule has 4 rings (SSSR count). The first-order valence-electron chi connectivity index (χ1n) is 26.9. The van der Waals surface area contributed by atoms with Gasteiger partial charge in [0.15, 0.2) is 52.2 Å². The Balaban J connectivity index is 0.00000139. The molecular formula is C56H70BF16NO3. The van der Waals surface area contributed by atoms with Gasteiger partial charge in [-0.1, -0.05) is 174 Å². The van der Waals surface area contributed by atoms with E-state index in [9.17, 15) is 52.7 Å². The Kier molecular flexibility index (Phi) is 31.4. The van der Waals surface area contributed by atoms with Gasteiger partial charge in [-0.25, -0.2) is 43.9 Å². The van der Waals surface area contributed by atoms with Crippen molar-refractivity contribution in [3.05, 3.63) is 117 Å². The summed E-state index contributed by atoms with van der Waals surface area (Å²) in [5.41, 5.74) is -1.03. The van der Waals surface area contributed by atoms with Gasteiger partial charge in [0.25, 0.3) is 0 Å². The van der Waals surface area contributed by atoms with Crippen molar-refractivity contribution in [1.82, 2.24) is 0 Å². The van der Waals surface area contributed by atoms with E-state index in [0.29, 0.717) is 25.7 Å².